The molecular weight excluding hydrogens is 378 g/mol. The molecule has 0 bridgehead atoms. The molecule has 2 heterocycles. The van der Waals surface area contributed by atoms with Gasteiger partial charge >= 0.3 is 0 Å². The standard InChI is InChI=1S/C21H18ClN3O3/c22-16-8-6-14(7-9-16)19-11-17(24-28-19)12-23-21(27)15-10-20(26)25(13-15)18-4-2-1-3-5-18/h1-9,11,15H,10,12-13H2,(H,23,27)/t15-/m1/s1. The van der Waals surface area contributed by atoms with Gasteiger partial charge in [0, 0.05) is 35.3 Å². The number of carbonyl (C=O) groups is 2. The molecule has 6 nitrogen and oxygen atoms in total. The SMILES string of the molecule is O=C(NCc1cc(-c2ccc(Cl)cc2)on1)[C@@H]1CC(=O)N(c2ccccc2)C1. The molecular formula is C21H18ClN3O3. The molecule has 1 saturated heterocycles. The quantitative estimate of drug-likeness (QED) is 0.715. The van der Waals surface area contributed by atoms with Crippen molar-refractivity contribution < 1.29 is 14.1 Å². The number of aromatic nitrogens is 1. The van der Waals surface area contributed by atoms with E-state index < -0.39 is 0 Å². The lowest BCUT2D eigenvalue weighted by Gasteiger charge is -2.16. The van der Waals surface area contributed by atoms with Crippen LogP contribution in [-0.2, 0) is 16.1 Å². The Hall–Kier alpha value is -3.12. The van der Waals surface area contributed by atoms with E-state index >= 15 is 0 Å². The van der Waals surface area contributed by atoms with Crippen molar-refractivity contribution in [2.45, 2.75) is 13.0 Å². The molecule has 142 valence electrons. The molecule has 1 aliphatic rings. The highest BCUT2D eigenvalue weighted by Crippen LogP contribution is 2.25. The molecule has 1 N–H and O–H groups in total. The van der Waals surface area contributed by atoms with Gasteiger partial charge in [0.15, 0.2) is 5.76 Å². The fourth-order valence-electron chi connectivity index (χ4n) is 3.21. The van der Waals surface area contributed by atoms with Gasteiger partial charge in [-0.25, -0.2) is 0 Å². The number of benzene rings is 2. The van der Waals surface area contributed by atoms with Gasteiger partial charge in [-0.15, -0.1) is 0 Å². The molecule has 0 unspecified atom stereocenters. The second-order valence-corrected chi connectivity index (χ2v) is 7.08. The van der Waals surface area contributed by atoms with E-state index in [2.05, 4.69) is 10.5 Å². The number of halogens is 1. The van der Waals surface area contributed by atoms with Gasteiger partial charge in [0.1, 0.15) is 5.69 Å². The first-order chi connectivity index (χ1) is 13.6. The van der Waals surface area contributed by atoms with Crippen LogP contribution in [0.1, 0.15) is 12.1 Å². The zero-order valence-corrected chi connectivity index (χ0v) is 15.7. The number of hydrogen-bond donors (Lipinski definition) is 1. The molecule has 4 rings (SSSR count). The van der Waals surface area contributed by atoms with E-state index in [0.717, 1.165) is 11.3 Å². The first-order valence-corrected chi connectivity index (χ1v) is 9.32. The van der Waals surface area contributed by atoms with Crippen LogP contribution in [0.25, 0.3) is 11.3 Å². The maximum absolute atomic E-state index is 12.5. The molecule has 2 amide bonds. The number of nitrogens with zero attached hydrogens (tertiary/aromatic N) is 2. The Labute approximate surface area is 167 Å². The molecule has 1 atom stereocenters. The first-order valence-electron chi connectivity index (χ1n) is 8.95. The van der Waals surface area contributed by atoms with Gasteiger partial charge in [0.25, 0.3) is 0 Å². The zero-order chi connectivity index (χ0) is 19.5. The molecule has 1 aliphatic heterocycles. The molecule has 0 aliphatic carbocycles. The Morgan fingerprint density at radius 1 is 1.18 bits per heavy atom. The lowest BCUT2D eigenvalue weighted by Crippen LogP contribution is -2.32. The summed E-state index contributed by atoms with van der Waals surface area (Å²) < 4.78 is 5.33. The summed E-state index contributed by atoms with van der Waals surface area (Å²) in [6.45, 7) is 0.621. The molecule has 1 fully saturated rings. The summed E-state index contributed by atoms with van der Waals surface area (Å²) in [6, 6.07) is 18.4. The van der Waals surface area contributed by atoms with Crippen molar-refractivity contribution in [2.75, 3.05) is 11.4 Å². The molecule has 3 aromatic rings. The first kappa shape index (κ1) is 18.3. The van der Waals surface area contributed by atoms with Gasteiger partial charge in [0.2, 0.25) is 11.8 Å². The lowest BCUT2D eigenvalue weighted by molar-refractivity contribution is -0.126. The third-order valence-corrected chi connectivity index (χ3v) is 4.95. The van der Waals surface area contributed by atoms with Crippen molar-refractivity contribution in [3.8, 4) is 11.3 Å². The summed E-state index contributed by atoms with van der Waals surface area (Å²) in [5.41, 5.74) is 2.28. The number of amides is 2. The molecule has 0 radical (unpaired) electrons. The highest BCUT2D eigenvalue weighted by Gasteiger charge is 2.34. The average Bonchev–Trinajstić information content (AvgIpc) is 3.34. The summed E-state index contributed by atoms with van der Waals surface area (Å²) >= 11 is 5.89. The van der Waals surface area contributed by atoms with E-state index in [0.29, 0.717) is 23.0 Å². The number of nitrogens with one attached hydrogen (secondary N) is 1. The number of carbonyl (C=O) groups excluding carboxylic acids is 2. The second-order valence-electron chi connectivity index (χ2n) is 6.65. The number of hydrogen-bond acceptors (Lipinski definition) is 4. The van der Waals surface area contributed by atoms with E-state index in [1.165, 1.54) is 0 Å². The van der Waals surface area contributed by atoms with Crippen molar-refractivity contribution >= 4 is 29.1 Å². The maximum atomic E-state index is 12.5. The minimum absolute atomic E-state index is 0.0437. The van der Waals surface area contributed by atoms with Gasteiger partial charge in [0.05, 0.1) is 12.5 Å². The minimum Gasteiger partial charge on any atom is -0.356 e. The summed E-state index contributed by atoms with van der Waals surface area (Å²) in [5, 5.41) is 7.48. The van der Waals surface area contributed by atoms with Crippen molar-refractivity contribution in [1.29, 1.82) is 0 Å². The number of rotatable bonds is 5. The van der Waals surface area contributed by atoms with Crippen LogP contribution in [0.3, 0.4) is 0 Å². The molecule has 0 saturated carbocycles. The summed E-state index contributed by atoms with van der Waals surface area (Å²) in [7, 11) is 0. The number of para-hydroxylation sites is 1. The van der Waals surface area contributed by atoms with Crippen LogP contribution >= 0.6 is 11.6 Å². The van der Waals surface area contributed by atoms with Crippen molar-refractivity contribution in [3.63, 3.8) is 0 Å². The van der Waals surface area contributed by atoms with Gasteiger partial charge in [-0.3, -0.25) is 9.59 Å². The number of anilines is 1. The zero-order valence-electron chi connectivity index (χ0n) is 15.0. The van der Waals surface area contributed by atoms with Gasteiger partial charge in [-0.1, -0.05) is 35.0 Å². The van der Waals surface area contributed by atoms with Crippen LogP contribution in [0.4, 0.5) is 5.69 Å². The fourth-order valence-corrected chi connectivity index (χ4v) is 3.33. The third-order valence-electron chi connectivity index (χ3n) is 4.70. The van der Waals surface area contributed by atoms with Crippen LogP contribution in [0.15, 0.2) is 65.2 Å². The average molecular weight is 396 g/mol. The Morgan fingerprint density at radius 3 is 2.68 bits per heavy atom. The molecule has 1 aromatic heterocycles. The van der Waals surface area contributed by atoms with Gasteiger partial charge in [-0.05, 0) is 36.4 Å². The fraction of sp³-hybridized carbons (Fsp3) is 0.190. The van der Waals surface area contributed by atoms with Crippen LogP contribution in [0, 0.1) is 5.92 Å². The van der Waals surface area contributed by atoms with E-state index in [1.54, 1.807) is 23.1 Å². The predicted octanol–water partition coefficient (Wildman–Crippen LogP) is 3.66. The normalized spacial score (nSPS) is 16.4. The highest BCUT2D eigenvalue weighted by atomic mass is 35.5. The van der Waals surface area contributed by atoms with Crippen LogP contribution in [0.5, 0.6) is 0 Å². The molecule has 0 spiro atoms. The van der Waals surface area contributed by atoms with E-state index in [4.69, 9.17) is 16.1 Å². The van der Waals surface area contributed by atoms with Crippen LogP contribution in [-0.4, -0.2) is 23.5 Å². The molecule has 7 heteroatoms. The minimum atomic E-state index is -0.379. The maximum Gasteiger partial charge on any atom is 0.227 e. The van der Waals surface area contributed by atoms with Crippen molar-refractivity contribution in [3.05, 3.63) is 71.4 Å². The smallest absolute Gasteiger partial charge is 0.227 e. The molecule has 2 aromatic carbocycles. The Bertz CT molecular complexity index is 986. The summed E-state index contributed by atoms with van der Waals surface area (Å²) in [5.74, 6) is 0.0168. The Kier molecular flexibility index (Phi) is 5.12. The monoisotopic (exact) mass is 395 g/mol. The lowest BCUT2D eigenvalue weighted by atomic mass is 10.1. The highest BCUT2D eigenvalue weighted by molar-refractivity contribution is 6.30. The molecule has 28 heavy (non-hydrogen) atoms. The largest absolute Gasteiger partial charge is 0.356 e. The third kappa shape index (κ3) is 3.92. The predicted molar refractivity (Wildman–Crippen MR) is 106 cm³/mol. The van der Waals surface area contributed by atoms with E-state index in [-0.39, 0.29) is 30.7 Å². The Morgan fingerprint density at radius 2 is 1.93 bits per heavy atom. The van der Waals surface area contributed by atoms with Crippen molar-refractivity contribution in [2.24, 2.45) is 5.92 Å². The topological polar surface area (TPSA) is 75.4 Å². The van der Waals surface area contributed by atoms with Crippen LogP contribution in [0.2, 0.25) is 5.02 Å². The summed E-state index contributed by atoms with van der Waals surface area (Å²) in [6.07, 6.45) is 0.204. The Balaban J connectivity index is 1.35. The van der Waals surface area contributed by atoms with E-state index in [1.807, 2.05) is 42.5 Å². The summed E-state index contributed by atoms with van der Waals surface area (Å²) in [4.78, 5) is 26.4. The van der Waals surface area contributed by atoms with Gasteiger partial charge in [-0.2, -0.15) is 0 Å². The van der Waals surface area contributed by atoms with Gasteiger partial charge < -0.3 is 14.7 Å². The van der Waals surface area contributed by atoms with E-state index in [9.17, 15) is 9.59 Å². The second kappa shape index (κ2) is 7.86. The van der Waals surface area contributed by atoms with Crippen LogP contribution < -0.4 is 10.2 Å². The van der Waals surface area contributed by atoms with Crippen molar-refractivity contribution in [1.82, 2.24) is 10.5 Å².